The minimum Gasteiger partial charge on any atom is -0.481 e. The van der Waals surface area contributed by atoms with Gasteiger partial charge in [-0.15, -0.1) is 0 Å². The van der Waals surface area contributed by atoms with Crippen LogP contribution in [0.2, 0.25) is 0 Å². The molecular formula is C11H16O4. The summed E-state index contributed by atoms with van der Waals surface area (Å²) in [4.78, 5) is 21.6. The van der Waals surface area contributed by atoms with Crippen molar-refractivity contribution < 1.29 is 19.4 Å². The normalized spacial score (nSPS) is 32.9. The molecule has 15 heavy (non-hydrogen) atoms. The molecule has 0 aromatic rings. The zero-order chi connectivity index (χ0) is 10.8. The van der Waals surface area contributed by atoms with E-state index in [1.165, 1.54) is 19.3 Å². The second-order valence-electron chi connectivity index (χ2n) is 4.60. The highest BCUT2D eigenvalue weighted by Crippen LogP contribution is 2.45. The molecule has 4 heteroatoms. The van der Waals surface area contributed by atoms with Crippen molar-refractivity contribution in [3.8, 4) is 0 Å². The van der Waals surface area contributed by atoms with Crippen LogP contribution in [-0.4, -0.2) is 23.1 Å². The van der Waals surface area contributed by atoms with Gasteiger partial charge < -0.3 is 9.84 Å². The molecule has 0 radical (unpaired) electrons. The van der Waals surface area contributed by atoms with E-state index in [1.54, 1.807) is 0 Å². The van der Waals surface area contributed by atoms with Gasteiger partial charge in [0, 0.05) is 0 Å². The Morgan fingerprint density at radius 2 is 2.00 bits per heavy atom. The minimum absolute atomic E-state index is 0.00319. The second kappa shape index (κ2) is 4.21. The molecule has 4 nitrogen and oxygen atoms in total. The molecule has 2 rings (SSSR count). The summed E-state index contributed by atoms with van der Waals surface area (Å²) in [5, 5.41) is 8.42. The Hall–Kier alpha value is -1.06. The van der Waals surface area contributed by atoms with Gasteiger partial charge in [0.05, 0.1) is 12.8 Å². The molecular weight excluding hydrogens is 196 g/mol. The number of carboxylic acids is 1. The fourth-order valence-corrected chi connectivity index (χ4v) is 2.77. The number of esters is 1. The summed E-state index contributed by atoms with van der Waals surface area (Å²) < 4.78 is 5.29. The lowest BCUT2D eigenvalue weighted by Gasteiger charge is -2.21. The summed E-state index contributed by atoms with van der Waals surface area (Å²) in [6.07, 6.45) is 4.57. The second-order valence-corrected chi connectivity index (χ2v) is 4.60. The number of hydrogen-bond donors (Lipinski definition) is 1. The van der Waals surface area contributed by atoms with Gasteiger partial charge in [0.25, 0.3) is 0 Å². The van der Waals surface area contributed by atoms with Gasteiger partial charge in [-0.2, -0.15) is 0 Å². The first-order valence-corrected chi connectivity index (χ1v) is 5.56. The maximum atomic E-state index is 11.3. The molecule has 2 saturated carbocycles. The summed E-state index contributed by atoms with van der Waals surface area (Å²) >= 11 is 0. The van der Waals surface area contributed by atoms with Gasteiger partial charge in [0.15, 0.2) is 0 Å². The van der Waals surface area contributed by atoms with Crippen LogP contribution in [0.1, 0.15) is 38.5 Å². The Bertz CT molecular complexity index is 274. The van der Waals surface area contributed by atoms with Crippen molar-refractivity contribution >= 4 is 11.9 Å². The van der Waals surface area contributed by atoms with Gasteiger partial charge in [-0.05, 0) is 37.5 Å². The molecule has 2 bridgehead atoms. The predicted molar refractivity (Wildman–Crippen MR) is 52.2 cm³/mol. The standard InChI is InChI=1S/C11H16O4/c12-10(13)3-4-11(14)15-9-6-7-1-2-8(9)5-7/h7-9H,1-6H2,(H,12,13)/t7-,8-,9+/m1/s1. The number of aliphatic carboxylic acids is 1. The van der Waals surface area contributed by atoms with E-state index in [-0.39, 0.29) is 24.9 Å². The molecule has 0 amide bonds. The van der Waals surface area contributed by atoms with Crippen molar-refractivity contribution in [2.45, 2.75) is 44.6 Å². The van der Waals surface area contributed by atoms with Crippen molar-refractivity contribution in [3.05, 3.63) is 0 Å². The minimum atomic E-state index is -0.945. The zero-order valence-corrected chi connectivity index (χ0v) is 8.65. The van der Waals surface area contributed by atoms with Gasteiger partial charge in [0.2, 0.25) is 0 Å². The Labute approximate surface area is 88.6 Å². The first-order chi connectivity index (χ1) is 7.15. The van der Waals surface area contributed by atoms with Crippen LogP contribution in [0.5, 0.6) is 0 Å². The summed E-state index contributed by atoms with van der Waals surface area (Å²) in [6, 6.07) is 0. The lowest BCUT2D eigenvalue weighted by atomic mass is 9.98. The quantitative estimate of drug-likeness (QED) is 0.718. The fraction of sp³-hybridized carbons (Fsp3) is 0.818. The molecule has 0 aromatic heterocycles. The fourth-order valence-electron chi connectivity index (χ4n) is 2.77. The number of rotatable bonds is 4. The summed E-state index contributed by atoms with van der Waals surface area (Å²) in [6.45, 7) is 0. The van der Waals surface area contributed by atoms with Crippen molar-refractivity contribution in [3.63, 3.8) is 0 Å². The maximum Gasteiger partial charge on any atom is 0.306 e. The van der Waals surface area contributed by atoms with Crippen LogP contribution in [0.4, 0.5) is 0 Å². The van der Waals surface area contributed by atoms with E-state index in [2.05, 4.69) is 0 Å². The number of fused-ring (bicyclic) bond motifs is 2. The van der Waals surface area contributed by atoms with Gasteiger partial charge in [0.1, 0.15) is 6.10 Å². The molecule has 0 heterocycles. The third kappa shape index (κ3) is 2.49. The largest absolute Gasteiger partial charge is 0.481 e. The summed E-state index contributed by atoms with van der Waals surface area (Å²) in [7, 11) is 0. The third-order valence-electron chi connectivity index (χ3n) is 3.50. The first kappa shape index (κ1) is 10.5. The van der Waals surface area contributed by atoms with Crippen LogP contribution in [0, 0.1) is 11.8 Å². The van der Waals surface area contributed by atoms with Gasteiger partial charge in [-0.25, -0.2) is 0 Å². The third-order valence-corrected chi connectivity index (χ3v) is 3.50. The Morgan fingerprint density at radius 1 is 1.20 bits per heavy atom. The summed E-state index contributed by atoms with van der Waals surface area (Å²) in [5.41, 5.74) is 0. The van der Waals surface area contributed by atoms with Crippen molar-refractivity contribution in [1.29, 1.82) is 0 Å². The highest BCUT2D eigenvalue weighted by Gasteiger charge is 2.41. The van der Waals surface area contributed by atoms with E-state index >= 15 is 0 Å². The molecule has 1 N–H and O–H groups in total. The molecule has 2 aliphatic carbocycles. The predicted octanol–water partition coefficient (Wildman–Crippen LogP) is 1.58. The molecule has 0 aromatic carbocycles. The van der Waals surface area contributed by atoms with Gasteiger partial charge in [-0.1, -0.05) is 0 Å². The molecule has 2 fully saturated rings. The number of carbonyl (C=O) groups is 2. The average molecular weight is 212 g/mol. The zero-order valence-electron chi connectivity index (χ0n) is 8.65. The van der Waals surface area contributed by atoms with Crippen molar-refractivity contribution in [1.82, 2.24) is 0 Å². The van der Waals surface area contributed by atoms with Crippen LogP contribution < -0.4 is 0 Å². The number of hydrogen-bond acceptors (Lipinski definition) is 3. The first-order valence-electron chi connectivity index (χ1n) is 5.56. The molecule has 0 unspecified atom stereocenters. The van der Waals surface area contributed by atoms with Gasteiger partial charge >= 0.3 is 11.9 Å². The number of carbonyl (C=O) groups excluding carboxylic acids is 1. The summed E-state index contributed by atoms with van der Waals surface area (Å²) in [5.74, 6) is -0.00843. The molecule has 0 spiro atoms. The Balaban J connectivity index is 1.73. The van der Waals surface area contributed by atoms with Crippen LogP contribution in [0.25, 0.3) is 0 Å². The monoisotopic (exact) mass is 212 g/mol. The topological polar surface area (TPSA) is 63.6 Å². The smallest absolute Gasteiger partial charge is 0.306 e. The molecule has 2 aliphatic rings. The van der Waals surface area contributed by atoms with E-state index < -0.39 is 5.97 Å². The average Bonchev–Trinajstić information content (AvgIpc) is 2.76. The van der Waals surface area contributed by atoms with Crippen molar-refractivity contribution in [2.24, 2.45) is 11.8 Å². The highest BCUT2D eigenvalue weighted by molar-refractivity contribution is 5.76. The molecule has 84 valence electrons. The van der Waals surface area contributed by atoms with Crippen LogP contribution in [0.3, 0.4) is 0 Å². The maximum absolute atomic E-state index is 11.3. The van der Waals surface area contributed by atoms with E-state index in [1.807, 2.05) is 0 Å². The Morgan fingerprint density at radius 3 is 2.53 bits per heavy atom. The van der Waals surface area contributed by atoms with E-state index in [4.69, 9.17) is 9.84 Å². The lowest BCUT2D eigenvalue weighted by Crippen LogP contribution is -2.24. The van der Waals surface area contributed by atoms with Gasteiger partial charge in [-0.3, -0.25) is 9.59 Å². The Kier molecular flexibility index (Phi) is 2.93. The molecule has 3 atom stereocenters. The molecule has 0 saturated heterocycles. The highest BCUT2D eigenvalue weighted by atomic mass is 16.5. The number of carboxylic acid groups (broad SMARTS) is 1. The van der Waals surface area contributed by atoms with E-state index in [0.29, 0.717) is 5.92 Å². The van der Waals surface area contributed by atoms with Crippen LogP contribution in [-0.2, 0) is 14.3 Å². The van der Waals surface area contributed by atoms with E-state index in [9.17, 15) is 9.59 Å². The molecule has 0 aliphatic heterocycles. The van der Waals surface area contributed by atoms with Crippen LogP contribution >= 0.6 is 0 Å². The number of ether oxygens (including phenoxy) is 1. The van der Waals surface area contributed by atoms with Crippen molar-refractivity contribution in [2.75, 3.05) is 0 Å². The van der Waals surface area contributed by atoms with E-state index in [0.717, 1.165) is 12.3 Å². The SMILES string of the molecule is O=C(O)CCC(=O)O[C@H]1C[C@@H]2CC[C@@H]1C2. The van der Waals surface area contributed by atoms with Crippen LogP contribution in [0.15, 0.2) is 0 Å². The lowest BCUT2D eigenvalue weighted by molar-refractivity contribution is -0.154.